The summed E-state index contributed by atoms with van der Waals surface area (Å²) in [6, 6.07) is 5.80. The first kappa shape index (κ1) is 13.9. The quantitative estimate of drug-likeness (QED) is 0.908. The molecule has 1 heterocycles. The molecule has 1 N–H and O–H groups in total. The number of aliphatic carboxylic acids is 1. The molecule has 0 spiro atoms. The molecule has 21 heavy (non-hydrogen) atoms. The van der Waals surface area contributed by atoms with Crippen LogP contribution >= 0.6 is 0 Å². The number of carbonyl (C=O) groups is 2. The number of hydrogen-bond acceptors (Lipinski definition) is 2. The molecule has 1 amide bonds. The van der Waals surface area contributed by atoms with Gasteiger partial charge in [0.1, 0.15) is 0 Å². The maximum atomic E-state index is 12.6. The number of carboxylic acid groups (broad SMARTS) is 1. The maximum absolute atomic E-state index is 12.6. The Kier molecular flexibility index (Phi) is 3.78. The largest absolute Gasteiger partial charge is 0.481 e. The van der Waals surface area contributed by atoms with Crippen molar-refractivity contribution in [3.8, 4) is 0 Å². The smallest absolute Gasteiger partial charge is 0.308 e. The van der Waals surface area contributed by atoms with E-state index in [0.717, 1.165) is 19.3 Å². The number of likely N-dealkylation sites (tertiary alicyclic amines) is 1. The molecule has 0 unspecified atom stereocenters. The van der Waals surface area contributed by atoms with Crippen LogP contribution in [-0.4, -0.2) is 35.0 Å². The Morgan fingerprint density at radius 2 is 2.14 bits per heavy atom. The summed E-state index contributed by atoms with van der Waals surface area (Å²) in [4.78, 5) is 25.4. The van der Waals surface area contributed by atoms with Crippen molar-refractivity contribution in [2.24, 2.45) is 5.92 Å². The standard InChI is InChI=1S/C17H19NO3/c19-16(18-9-3-6-15(11-18)17(20)21)14-8-7-12-4-1-2-5-13(12)10-14/h1,4,7-8,10,15H,2-3,5-6,9,11H2,(H,20,21)/t15-/m0/s1. The van der Waals surface area contributed by atoms with Crippen LogP contribution in [0.25, 0.3) is 6.08 Å². The van der Waals surface area contributed by atoms with E-state index in [0.29, 0.717) is 25.1 Å². The molecule has 1 aromatic carbocycles. The molecule has 1 aromatic rings. The highest BCUT2D eigenvalue weighted by molar-refractivity contribution is 5.95. The van der Waals surface area contributed by atoms with E-state index in [1.54, 1.807) is 4.90 Å². The van der Waals surface area contributed by atoms with Gasteiger partial charge in [-0.1, -0.05) is 18.2 Å². The lowest BCUT2D eigenvalue weighted by molar-refractivity contribution is -0.143. The van der Waals surface area contributed by atoms with Gasteiger partial charge in [0, 0.05) is 18.7 Å². The first-order valence-corrected chi connectivity index (χ1v) is 7.46. The molecule has 0 aromatic heterocycles. The Bertz CT molecular complexity index is 606. The number of hydrogen-bond donors (Lipinski definition) is 1. The van der Waals surface area contributed by atoms with Crippen molar-refractivity contribution >= 4 is 18.0 Å². The Morgan fingerprint density at radius 1 is 1.29 bits per heavy atom. The van der Waals surface area contributed by atoms with Crippen LogP contribution in [0.1, 0.15) is 40.7 Å². The minimum Gasteiger partial charge on any atom is -0.481 e. The lowest BCUT2D eigenvalue weighted by Gasteiger charge is -2.31. The van der Waals surface area contributed by atoms with Crippen molar-refractivity contribution in [2.75, 3.05) is 13.1 Å². The van der Waals surface area contributed by atoms with Gasteiger partial charge in [-0.3, -0.25) is 9.59 Å². The van der Waals surface area contributed by atoms with E-state index < -0.39 is 11.9 Å². The highest BCUT2D eigenvalue weighted by Crippen LogP contribution is 2.23. The van der Waals surface area contributed by atoms with E-state index in [-0.39, 0.29) is 5.91 Å². The van der Waals surface area contributed by atoms with Gasteiger partial charge in [0.25, 0.3) is 5.91 Å². The molecular weight excluding hydrogens is 266 g/mol. The van der Waals surface area contributed by atoms with Gasteiger partial charge in [-0.25, -0.2) is 0 Å². The summed E-state index contributed by atoms with van der Waals surface area (Å²) >= 11 is 0. The van der Waals surface area contributed by atoms with Crippen LogP contribution < -0.4 is 0 Å². The topological polar surface area (TPSA) is 57.6 Å². The Labute approximate surface area is 124 Å². The summed E-state index contributed by atoms with van der Waals surface area (Å²) in [5, 5.41) is 9.12. The fourth-order valence-electron chi connectivity index (χ4n) is 3.11. The highest BCUT2D eigenvalue weighted by Gasteiger charge is 2.28. The van der Waals surface area contributed by atoms with Gasteiger partial charge in [0.05, 0.1) is 5.92 Å². The number of amides is 1. The molecule has 1 aliphatic carbocycles. The minimum atomic E-state index is -0.803. The first-order chi connectivity index (χ1) is 10.1. The number of benzene rings is 1. The van der Waals surface area contributed by atoms with Gasteiger partial charge in [-0.2, -0.15) is 0 Å². The van der Waals surface area contributed by atoms with E-state index in [9.17, 15) is 9.59 Å². The number of allylic oxidation sites excluding steroid dienone is 1. The fraction of sp³-hybridized carbons (Fsp3) is 0.412. The third-order valence-electron chi connectivity index (χ3n) is 4.33. The second-order valence-electron chi connectivity index (χ2n) is 5.78. The van der Waals surface area contributed by atoms with Gasteiger partial charge in [0.15, 0.2) is 0 Å². The summed E-state index contributed by atoms with van der Waals surface area (Å²) < 4.78 is 0. The Morgan fingerprint density at radius 3 is 2.95 bits per heavy atom. The zero-order chi connectivity index (χ0) is 14.8. The Balaban J connectivity index is 1.78. The molecule has 2 aliphatic rings. The SMILES string of the molecule is O=C(O)[C@H]1CCCN(C(=O)c2ccc3c(c2)CCC=C3)C1. The van der Waals surface area contributed by atoms with Crippen molar-refractivity contribution in [1.29, 1.82) is 0 Å². The summed E-state index contributed by atoms with van der Waals surface area (Å²) in [6.45, 7) is 0.977. The zero-order valence-corrected chi connectivity index (χ0v) is 11.9. The lowest BCUT2D eigenvalue weighted by Crippen LogP contribution is -2.42. The van der Waals surface area contributed by atoms with Gasteiger partial charge < -0.3 is 10.0 Å². The van der Waals surface area contributed by atoms with E-state index in [1.807, 2.05) is 18.2 Å². The summed E-state index contributed by atoms with van der Waals surface area (Å²) in [7, 11) is 0. The summed E-state index contributed by atoms with van der Waals surface area (Å²) in [6.07, 6.45) is 7.63. The number of rotatable bonds is 2. The molecular formula is C17H19NO3. The first-order valence-electron chi connectivity index (χ1n) is 7.46. The van der Waals surface area contributed by atoms with Crippen LogP contribution in [0.15, 0.2) is 24.3 Å². The van der Waals surface area contributed by atoms with Crippen LogP contribution in [0.2, 0.25) is 0 Å². The summed E-state index contributed by atoms with van der Waals surface area (Å²) in [5.41, 5.74) is 3.06. The van der Waals surface area contributed by atoms with Crippen LogP contribution in [0.3, 0.4) is 0 Å². The van der Waals surface area contributed by atoms with Gasteiger partial charge in [-0.15, -0.1) is 0 Å². The third kappa shape index (κ3) is 2.84. The van der Waals surface area contributed by atoms with E-state index in [2.05, 4.69) is 12.2 Å². The van der Waals surface area contributed by atoms with Gasteiger partial charge in [-0.05, 0) is 48.9 Å². The van der Waals surface area contributed by atoms with Crippen molar-refractivity contribution in [2.45, 2.75) is 25.7 Å². The monoisotopic (exact) mass is 285 g/mol. The van der Waals surface area contributed by atoms with Crippen LogP contribution in [0.5, 0.6) is 0 Å². The van der Waals surface area contributed by atoms with Crippen molar-refractivity contribution < 1.29 is 14.7 Å². The van der Waals surface area contributed by atoms with Crippen LogP contribution in [-0.2, 0) is 11.2 Å². The van der Waals surface area contributed by atoms with Crippen molar-refractivity contribution in [1.82, 2.24) is 4.90 Å². The molecule has 1 atom stereocenters. The maximum Gasteiger partial charge on any atom is 0.308 e. The molecule has 1 saturated heterocycles. The lowest BCUT2D eigenvalue weighted by atomic mass is 9.94. The van der Waals surface area contributed by atoms with Gasteiger partial charge >= 0.3 is 5.97 Å². The molecule has 3 rings (SSSR count). The number of aryl methyl sites for hydroxylation is 1. The zero-order valence-electron chi connectivity index (χ0n) is 11.9. The average molecular weight is 285 g/mol. The molecule has 1 fully saturated rings. The number of fused-ring (bicyclic) bond motifs is 1. The second kappa shape index (κ2) is 5.72. The fourth-order valence-corrected chi connectivity index (χ4v) is 3.11. The van der Waals surface area contributed by atoms with E-state index >= 15 is 0 Å². The average Bonchev–Trinajstić information content (AvgIpc) is 2.53. The Hall–Kier alpha value is -2.10. The number of carboxylic acids is 1. The predicted molar refractivity (Wildman–Crippen MR) is 80.1 cm³/mol. The molecule has 1 aliphatic heterocycles. The number of carbonyl (C=O) groups excluding carboxylic acids is 1. The highest BCUT2D eigenvalue weighted by atomic mass is 16.4. The number of nitrogens with zero attached hydrogens (tertiary/aromatic N) is 1. The normalized spacial score (nSPS) is 21.0. The second-order valence-corrected chi connectivity index (χ2v) is 5.78. The van der Waals surface area contributed by atoms with Crippen molar-refractivity contribution in [3.63, 3.8) is 0 Å². The minimum absolute atomic E-state index is 0.0432. The molecule has 0 bridgehead atoms. The van der Waals surface area contributed by atoms with Crippen molar-refractivity contribution in [3.05, 3.63) is 41.0 Å². The van der Waals surface area contributed by atoms with Crippen LogP contribution in [0, 0.1) is 5.92 Å². The third-order valence-corrected chi connectivity index (χ3v) is 4.33. The van der Waals surface area contributed by atoms with Gasteiger partial charge in [0.2, 0.25) is 0 Å². The predicted octanol–water partition coefficient (Wildman–Crippen LogP) is 2.58. The van der Waals surface area contributed by atoms with E-state index in [4.69, 9.17) is 5.11 Å². The molecule has 4 nitrogen and oxygen atoms in total. The number of piperidine rings is 1. The summed E-state index contributed by atoms with van der Waals surface area (Å²) in [5.74, 6) is -1.27. The van der Waals surface area contributed by atoms with Crippen LogP contribution in [0.4, 0.5) is 0 Å². The van der Waals surface area contributed by atoms with E-state index in [1.165, 1.54) is 11.1 Å². The molecule has 4 heteroatoms. The molecule has 0 saturated carbocycles. The molecule has 110 valence electrons. The molecule has 0 radical (unpaired) electrons.